The molecule has 2 heterocycles. The first-order valence-corrected chi connectivity index (χ1v) is 11.4. The molecule has 0 bridgehead atoms. The molecule has 34 heavy (non-hydrogen) atoms. The number of nitrogens with one attached hydrogen (secondary N) is 2. The largest absolute Gasteiger partial charge is 0.434 e. The van der Waals surface area contributed by atoms with Crippen LogP contribution in [0.5, 0.6) is 17.4 Å². The van der Waals surface area contributed by atoms with Crippen LogP contribution in [0.1, 0.15) is 24.1 Å². The molecule has 0 fully saturated rings. The fourth-order valence-corrected chi connectivity index (χ4v) is 3.89. The number of benzene rings is 2. The van der Waals surface area contributed by atoms with Gasteiger partial charge < -0.3 is 9.47 Å². The van der Waals surface area contributed by atoms with Crippen molar-refractivity contribution >= 4 is 22.0 Å². The quantitative estimate of drug-likeness (QED) is 0.519. The van der Waals surface area contributed by atoms with Crippen LogP contribution in [0, 0.1) is 11.6 Å². The number of nitrogens with zero attached hydrogens (tertiary/aromatic N) is 3. The summed E-state index contributed by atoms with van der Waals surface area (Å²) in [5.41, 5.74) is 0.0878. The van der Waals surface area contributed by atoms with Gasteiger partial charge in [-0.15, -0.1) is 5.10 Å². The highest BCUT2D eigenvalue weighted by Crippen LogP contribution is 2.40. The van der Waals surface area contributed by atoms with E-state index < -0.39 is 34.0 Å². The van der Waals surface area contributed by atoms with Gasteiger partial charge in [0.2, 0.25) is 5.88 Å². The third-order valence-electron chi connectivity index (χ3n) is 5.11. The molecule has 1 amide bonds. The summed E-state index contributed by atoms with van der Waals surface area (Å²) in [5, 5.41) is 7.37. The summed E-state index contributed by atoms with van der Waals surface area (Å²) < 4.78 is 67.9. The van der Waals surface area contributed by atoms with Gasteiger partial charge in [0.15, 0.2) is 17.4 Å². The Bertz CT molecular complexity index is 1340. The zero-order valence-electron chi connectivity index (χ0n) is 18.0. The topological polar surface area (TPSA) is 123 Å². The van der Waals surface area contributed by atoms with Gasteiger partial charge in [-0.05, 0) is 25.1 Å². The Hall–Kier alpha value is -3.84. The molecule has 3 aromatic rings. The van der Waals surface area contributed by atoms with E-state index in [2.05, 4.69) is 14.9 Å². The van der Waals surface area contributed by atoms with Gasteiger partial charge in [-0.3, -0.25) is 9.62 Å². The summed E-state index contributed by atoms with van der Waals surface area (Å²) >= 11 is 0. The Kier molecular flexibility index (Phi) is 6.30. The monoisotopic (exact) mass is 491 g/mol. The Morgan fingerprint density at radius 2 is 2.00 bits per heavy atom. The zero-order valence-corrected chi connectivity index (χ0v) is 18.8. The van der Waals surface area contributed by atoms with E-state index >= 15 is 0 Å². The van der Waals surface area contributed by atoms with E-state index in [-0.39, 0.29) is 35.2 Å². The van der Waals surface area contributed by atoms with E-state index in [1.54, 1.807) is 13.0 Å². The zero-order chi connectivity index (χ0) is 24.5. The van der Waals surface area contributed by atoms with E-state index in [1.165, 1.54) is 54.5 Å². The lowest BCUT2D eigenvalue weighted by Crippen LogP contribution is -2.39. The molecule has 0 saturated heterocycles. The van der Waals surface area contributed by atoms with Crippen LogP contribution in [0.2, 0.25) is 0 Å². The molecule has 178 valence electrons. The fraction of sp³-hybridized carbons (Fsp3) is 0.190. The van der Waals surface area contributed by atoms with Gasteiger partial charge in [0.25, 0.3) is 10.2 Å². The van der Waals surface area contributed by atoms with Crippen LogP contribution in [-0.2, 0) is 16.8 Å². The van der Waals surface area contributed by atoms with Crippen LogP contribution in [0.4, 0.5) is 19.3 Å². The number of hydrogen-bond donors (Lipinski definition) is 2. The maximum Gasteiger partial charge on any atom is 0.416 e. The number of carbonyl (C=O) groups is 1. The lowest BCUT2D eigenvalue weighted by molar-refractivity contribution is 0.116. The molecule has 1 aliphatic rings. The standard InChI is InChI=1S/C21H19F2N5O5S/c1-12-14-9-15(22)18(32-19-7-4-8-25-26-19)10-17(14)33-21(29)28(12)11-13-5-3-6-16(20(13)23)27-34(30,31)24-2/h3-10,12,24,27H,11H2,1-2H3/t12-/m0/s1. The summed E-state index contributed by atoms with van der Waals surface area (Å²) in [4.78, 5) is 13.9. The summed E-state index contributed by atoms with van der Waals surface area (Å²) in [6.45, 7) is 1.38. The predicted molar refractivity (Wildman–Crippen MR) is 116 cm³/mol. The number of ether oxygens (including phenoxy) is 2. The van der Waals surface area contributed by atoms with Crippen LogP contribution < -0.4 is 18.9 Å². The minimum atomic E-state index is -3.95. The first kappa shape index (κ1) is 23.3. The second-order valence-corrected chi connectivity index (χ2v) is 8.86. The highest BCUT2D eigenvalue weighted by molar-refractivity contribution is 7.90. The highest BCUT2D eigenvalue weighted by Gasteiger charge is 2.34. The van der Waals surface area contributed by atoms with Crippen molar-refractivity contribution in [2.45, 2.75) is 19.5 Å². The van der Waals surface area contributed by atoms with Gasteiger partial charge in [0.05, 0.1) is 18.3 Å². The number of hydrogen-bond acceptors (Lipinski definition) is 7. The fourth-order valence-electron chi connectivity index (χ4n) is 3.34. The average molecular weight is 491 g/mol. The number of amides is 1. The summed E-state index contributed by atoms with van der Waals surface area (Å²) in [6, 6.07) is 8.86. The second-order valence-electron chi connectivity index (χ2n) is 7.24. The number of rotatable bonds is 7. The van der Waals surface area contributed by atoms with Gasteiger partial charge in [-0.2, -0.15) is 13.5 Å². The van der Waals surface area contributed by atoms with Gasteiger partial charge in [-0.25, -0.2) is 18.3 Å². The van der Waals surface area contributed by atoms with Crippen LogP contribution in [-0.4, -0.2) is 36.7 Å². The Balaban J connectivity index is 1.59. The molecule has 0 radical (unpaired) electrons. The van der Waals surface area contributed by atoms with E-state index in [4.69, 9.17) is 9.47 Å². The summed E-state index contributed by atoms with van der Waals surface area (Å²) in [6.07, 6.45) is 0.639. The Morgan fingerprint density at radius 3 is 2.71 bits per heavy atom. The average Bonchev–Trinajstić information content (AvgIpc) is 2.81. The molecule has 0 spiro atoms. The maximum atomic E-state index is 14.9. The van der Waals surface area contributed by atoms with Gasteiger partial charge in [-0.1, -0.05) is 12.1 Å². The number of halogens is 2. The SMILES string of the molecule is CNS(=O)(=O)Nc1cccc(CN2C(=O)Oc3cc(Oc4cccnn4)c(F)cc3[C@@H]2C)c1F. The lowest BCUT2D eigenvalue weighted by atomic mass is 10.0. The van der Waals surface area contributed by atoms with Crippen molar-refractivity contribution in [3.05, 3.63) is 71.4 Å². The smallest absolute Gasteiger partial charge is 0.416 e. The van der Waals surface area contributed by atoms with Crippen molar-refractivity contribution < 1.29 is 31.5 Å². The van der Waals surface area contributed by atoms with Crippen molar-refractivity contribution in [3.63, 3.8) is 0 Å². The van der Waals surface area contributed by atoms with Crippen LogP contribution in [0.3, 0.4) is 0 Å². The van der Waals surface area contributed by atoms with Crippen molar-refractivity contribution in [2.24, 2.45) is 0 Å². The molecule has 0 unspecified atom stereocenters. The number of carbonyl (C=O) groups excluding carboxylic acids is 1. The van der Waals surface area contributed by atoms with Crippen molar-refractivity contribution in [2.75, 3.05) is 11.8 Å². The van der Waals surface area contributed by atoms with Gasteiger partial charge in [0, 0.05) is 36.5 Å². The molecule has 2 aromatic carbocycles. The van der Waals surface area contributed by atoms with E-state index in [0.717, 1.165) is 0 Å². The summed E-state index contributed by atoms with van der Waals surface area (Å²) in [5.74, 6) is -1.63. The minimum Gasteiger partial charge on any atom is -0.434 e. The third-order valence-corrected chi connectivity index (χ3v) is 6.13. The maximum absolute atomic E-state index is 14.9. The minimum absolute atomic E-state index is 0.0339. The molecular formula is C21H19F2N5O5S. The number of anilines is 1. The van der Waals surface area contributed by atoms with Crippen LogP contribution >= 0.6 is 0 Å². The number of aromatic nitrogens is 2. The molecule has 1 atom stereocenters. The second kappa shape index (κ2) is 9.19. The van der Waals surface area contributed by atoms with Crippen LogP contribution in [0.15, 0.2) is 48.7 Å². The molecular weight excluding hydrogens is 472 g/mol. The first-order chi connectivity index (χ1) is 16.2. The summed E-state index contributed by atoms with van der Waals surface area (Å²) in [7, 11) is -2.77. The predicted octanol–water partition coefficient (Wildman–Crippen LogP) is 3.50. The Morgan fingerprint density at radius 1 is 1.21 bits per heavy atom. The van der Waals surface area contributed by atoms with E-state index in [1.807, 2.05) is 4.72 Å². The molecule has 2 N–H and O–H groups in total. The molecule has 1 aliphatic heterocycles. The molecule has 1 aromatic heterocycles. The Labute approximate surface area is 193 Å². The van der Waals surface area contributed by atoms with Crippen molar-refractivity contribution in [1.82, 2.24) is 19.8 Å². The van der Waals surface area contributed by atoms with Crippen molar-refractivity contribution in [3.8, 4) is 17.4 Å². The normalized spacial score (nSPS) is 15.5. The third kappa shape index (κ3) is 4.75. The molecule has 13 heteroatoms. The van der Waals surface area contributed by atoms with E-state index in [0.29, 0.717) is 5.56 Å². The van der Waals surface area contributed by atoms with E-state index in [9.17, 15) is 22.0 Å². The molecule has 0 saturated carbocycles. The molecule has 4 rings (SSSR count). The lowest BCUT2D eigenvalue weighted by Gasteiger charge is -2.34. The van der Waals surface area contributed by atoms with Crippen molar-refractivity contribution in [1.29, 1.82) is 0 Å². The van der Waals surface area contributed by atoms with Gasteiger partial charge >= 0.3 is 6.09 Å². The number of fused-ring (bicyclic) bond motifs is 1. The van der Waals surface area contributed by atoms with Gasteiger partial charge in [0.1, 0.15) is 5.75 Å². The molecule has 10 nitrogen and oxygen atoms in total. The first-order valence-electron chi connectivity index (χ1n) is 9.94. The van der Waals surface area contributed by atoms with Crippen LogP contribution in [0.25, 0.3) is 0 Å². The highest BCUT2D eigenvalue weighted by atomic mass is 32.2. The molecule has 0 aliphatic carbocycles.